The third kappa shape index (κ3) is 4.01. The Kier molecular flexibility index (Phi) is 6.39. The molecule has 0 saturated heterocycles. The Bertz CT molecular complexity index is 1630. The molecule has 4 aromatic carbocycles. The summed E-state index contributed by atoms with van der Waals surface area (Å²) in [5, 5.41) is 84.4. The van der Waals surface area contributed by atoms with Crippen LogP contribution >= 0.6 is 0 Å². The van der Waals surface area contributed by atoms with Crippen LogP contribution in [0.5, 0.6) is 57.5 Å². The van der Waals surface area contributed by atoms with Crippen molar-refractivity contribution in [3.05, 3.63) is 48.5 Å². The SMILES string of the molecule is Nc1ccc(O)c(O)c1[O][Zr](=[O])([O]c1c(N)ccc(O)c1O)([c]1c(N)ccc(O)c1O)[c]1c(N)ccc(O)c1O. The van der Waals surface area contributed by atoms with Crippen LogP contribution in [0.3, 0.4) is 0 Å². The van der Waals surface area contributed by atoms with Gasteiger partial charge >= 0.3 is 227 Å². The van der Waals surface area contributed by atoms with Crippen molar-refractivity contribution in [1.29, 1.82) is 0 Å². The number of aromatic hydroxyl groups is 8. The number of anilines is 4. The monoisotopic (exact) mass is 634 g/mol. The number of rotatable bonds is 6. The minimum absolute atomic E-state index is 0.486. The topological polar surface area (TPSA) is 301 Å². The number of phenols is 8. The number of nitrogen functional groups attached to an aromatic ring is 4. The first-order valence-corrected chi connectivity index (χ1v) is 16.6. The molecule has 0 aliphatic rings. The molecule has 40 heavy (non-hydrogen) atoms. The summed E-state index contributed by atoms with van der Waals surface area (Å²) in [5.41, 5.74) is 21.9. The molecule has 0 aromatic heterocycles. The van der Waals surface area contributed by atoms with E-state index in [9.17, 15) is 40.9 Å². The Morgan fingerprint density at radius 3 is 1.05 bits per heavy atom. The van der Waals surface area contributed by atoms with Gasteiger partial charge in [-0.2, -0.15) is 0 Å². The molecular formula is C24H24N4O11Zr. The summed E-state index contributed by atoms with van der Waals surface area (Å²) in [6.45, 7) is 0. The molecule has 15 nitrogen and oxygen atoms in total. The maximum atomic E-state index is 16.0. The van der Waals surface area contributed by atoms with Crippen molar-refractivity contribution >= 4 is 29.3 Å². The zero-order valence-corrected chi connectivity index (χ0v) is 22.7. The van der Waals surface area contributed by atoms with Crippen LogP contribution in [0.4, 0.5) is 22.7 Å². The third-order valence-corrected chi connectivity index (χ3v) is 15.7. The zero-order chi connectivity index (χ0) is 29.8. The molecular weight excluding hydrogens is 612 g/mol. The summed E-state index contributed by atoms with van der Waals surface area (Å²) < 4.78 is 25.6. The number of hydrogen-bond donors (Lipinski definition) is 12. The van der Waals surface area contributed by atoms with Crippen LogP contribution in [-0.4, -0.2) is 40.9 Å². The molecule has 16 heteroatoms. The van der Waals surface area contributed by atoms with Crippen molar-refractivity contribution in [1.82, 2.24) is 0 Å². The van der Waals surface area contributed by atoms with E-state index in [2.05, 4.69) is 0 Å². The molecule has 0 saturated carbocycles. The zero-order valence-electron chi connectivity index (χ0n) is 20.2. The van der Waals surface area contributed by atoms with Gasteiger partial charge in [0.1, 0.15) is 0 Å². The third-order valence-electron chi connectivity index (χ3n) is 6.10. The summed E-state index contributed by atoms with van der Waals surface area (Å²) in [5.74, 6) is -10.2. The maximum absolute atomic E-state index is 16.0. The van der Waals surface area contributed by atoms with Crippen molar-refractivity contribution in [2.45, 2.75) is 0 Å². The molecule has 0 aliphatic heterocycles. The van der Waals surface area contributed by atoms with E-state index in [1.54, 1.807) is 0 Å². The molecule has 210 valence electrons. The fraction of sp³-hybridized carbons (Fsp3) is 0. The van der Waals surface area contributed by atoms with Gasteiger partial charge in [0.15, 0.2) is 0 Å². The summed E-state index contributed by atoms with van der Waals surface area (Å²) in [4.78, 5) is 0. The van der Waals surface area contributed by atoms with E-state index < -0.39 is 106 Å². The van der Waals surface area contributed by atoms with Crippen LogP contribution in [0, 0.1) is 0 Å². The second kappa shape index (κ2) is 9.20. The van der Waals surface area contributed by atoms with Crippen LogP contribution in [0.25, 0.3) is 0 Å². The number of phenolic OH excluding ortho intramolecular Hbond substituents is 8. The molecule has 4 aromatic rings. The van der Waals surface area contributed by atoms with E-state index in [1.807, 2.05) is 0 Å². The van der Waals surface area contributed by atoms with Gasteiger partial charge in [0, 0.05) is 0 Å². The second-order valence-electron chi connectivity index (χ2n) is 8.69. The van der Waals surface area contributed by atoms with E-state index in [0.717, 1.165) is 48.5 Å². The van der Waals surface area contributed by atoms with Gasteiger partial charge in [0.2, 0.25) is 0 Å². The Labute approximate surface area is 226 Å². The molecule has 0 heterocycles. The first-order chi connectivity index (χ1) is 18.6. The molecule has 16 N–H and O–H groups in total. The molecule has 0 fully saturated rings. The first kappa shape index (κ1) is 27.8. The van der Waals surface area contributed by atoms with Gasteiger partial charge < -0.3 is 0 Å². The van der Waals surface area contributed by atoms with Gasteiger partial charge in [-0.25, -0.2) is 0 Å². The average molecular weight is 636 g/mol. The average Bonchev–Trinajstić information content (AvgIpc) is 2.89. The molecule has 0 atom stereocenters. The summed E-state index contributed by atoms with van der Waals surface area (Å²) in [6, 6.07) is 7.65. The Balaban J connectivity index is 2.34. The Morgan fingerprint density at radius 1 is 0.450 bits per heavy atom. The van der Waals surface area contributed by atoms with Crippen molar-refractivity contribution in [3.8, 4) is 57.5 Å². The van der Waals surface area contributed by atoms with Gasteiger partial charge in [-0.1, -0.05) is 0 Å². The second-order valence-corrected chi connectivity index (χ2v) is 17.0. The van der Waals surface area contributed by atoms with Gasteiger partial charge in [-0.15, -0.1) is 0 Å². The number of benzene rings is 4. The molecule has 0 aliphatic carbocycles. The van der Waals surface area contributed by atoms with Crippen LogP contribution in [-0.2, 0) is 22.5 Å². The Morgan fingerprint density at radius 2 is 0.725 bits per heavy atom. The van der Waals surface area contributed by atoms with E-state index in [1.165, 1.54) is 0 Å². The normalized spacial score (nSPS) is 11.7. The summed E-state index contributed by atoms with van der Waals surface area (Å²) in [7, 11) is 0. The summed E-state index contributed by atoms with van der Waals surface area (Å²) in [6.07, 6.45) is 0. The molecule has 0 unspecified atom stereocenters. The van der Waals surface area contributed by atoms with Crippen LogP contribution < -0.4 is 35.1 Å². The van der Waals surface area contributed by atoms with Gasteiger partial charge in [-0.3, -0.25) is 0 Å². The first-order valence-electron chi connectivity index (χ1n) is 11.1. The fourth-order valence-electron chi connectivity index (χ4n) is 4.19. The molecule has 0 spiro atoms. The van der Waals surface area contributed by atoms with Crippen LogP contribution in [0.1, 0.15) is 0 Å². The predicted molar refractivity (Wildman–Crippen MR) is 138 cm³/mol. The quantitative estimate of drug-likeness (QED) is 0.0785. The van der Waals surface area contributed by atoms with Gasteiger partial charge in [-0.05, 0) is 0 Å². The molecule has 0 amide bonds. The predicted octanol–water partition coefficient (Wildman–Crippen LogP) is 0.634. The van der Waals surface area contributed by atoms with E-state index in [-0.39, 0.29) is 0 Å². The number of nitrogens with two attached hydrogens (primary N) is 4. The molecule has 4 rings (SSSR count). The fourth-order valence-corrected chi connectivity index (χ4v) is 14.3. The van der Waals surface area contributed by atoms with E-state index >= 15 is 2.81 Å². The van der Waals surface area contributed by atoms with Gasteiger partial charge in [0.05, 0.1) is 0 Å². The van der Waals surface area contributed by atoms with Crippen molar-refractivity contribution in [2.24, 2.45) is 0 Å². The van der Waals surface area contributed by atoms with Crippen LogP contribution in [0.15, 0.2) is 48.5 Å². The molecule has 0 bridgehead atoms. The number of hydrogen-bond acceptors (Lipinski definition) is 15. The van der Waals surface area contributed by atoms with E-state index in [0.29, 0.717) is 0 Å². The minimum atomic E-state index is -8.35. The van der Waals surface area contributed by atoms with Crippen molar-refractivity contribution in [3.63, 3.8) is 0 Å². The standard InChI is InChI=1S/2C6H7NO3.2C6H6NO2.O.Zr/c2*7-3-1-2-4(8)6(10)5(3)9;2*7-4-1-2-5(8)6(9)3-4;;/h2*1-2,8-10H,7H2;2*1-2,8-9H,7H2;;/q;;;;;+2/p-2. The Hall–Kier alpha value is -5.24. The summed E-state index contributed by atoms with van der Waals surface area (Å²) >= 11 is -8.35. The molecule has 0 radical (unpaired) electrons. The van der Waals surface area contributed by atoms with Crippen molar-refractivity contribution < 1.29 is 69.0 Å². The van der Waals surface area contributed by atoms with Crippen molar-refractivity contribution in [2.75, 3.05) is 22.9 Å². The van der Waals surface area contributed by atoms with Crippen LogP contribution in [0.2, 0.25) is 0 Å². The van der Waals surface area contributed by atoms with E-state index in [4.69, 9.17) is 28.6 Å². The van der Waals surface area contributed by atoms with Gasteiger partial charge in [0.25, 0.3) is 0 Å².